The van der Waals surface area contributed by atoms with E-state index in [4.69, 9.17) is 33.7 Å². The molecule has 4 rings (SSSR count). The molecule has 3 N–H and O–H groups in total. The third kappa shape index (κ3) is 5.25. The minimum Gasteiger partial charge on any atom is -0.492 e. The molecule has 12 heteroatoms. The lowest BCUT2D eigenvalue weighted by Crippen LogP contribution is -2.50. The molecule has 1 aromatic carbocycles. The zero-order chi connectivity index (χ0) is 24.2. The molecular formula is C22H24BrCl2N7O2. The third-order valence-electron chi connectivity index (χ3n) is 5.47. The van der Waals surface area contributed by atoms with Gasteiger partial charge in [0.15, 0.2) is 5.15 Å². The lowest BCUT2D eigenvalue weighted by atomic mass is 10.1. The van der Waals surface area contributed by atoms with Crippen molar-refractivity contribution in [2.24, 2.45) is 12.8 Å². The highest BCUT2D eigenvalue weighted by Gasteiger charge is 2.25. The van der Waals surface area contributed by atoms with Crippen molar-refractivity contribution in [3.63, 3.8) is 0 Å². The Morgan fingerprint density at radius 3 is 2.65 bits per heavy atom. The number of piperazine rings is 1. The van der Waals surface area contributed by atoms with Gasteiger partial charge in [0.25, 0.3) is 0 Å². The van der Waals surface area contributed by atoms with E-state index in [1.54, 1.807) is 28.0 Å². The van der Waals surface area contributed by atoms with Gasteiger partial charge in [-0.25, -0.2) is 9.78 Å². The van der Waals surface area contributed by atoms with Crippen molar-refractivity contribution in [3.05, 3.63) is 51.3 Å². The van der Waals surface area contributed by atoms with Gasteiger partial charge in [-0.1, -0.05) is 23.2 Å². The summed E-state index contributed by atoms with van der Waals surface area (Å²) in [6.07, 6.45) is 3.29. The molecule has 0 aliphatic carbocycles. The largest absolute Gasteiger partial charge is 0.492 e. The van der Waals surface area contributed by atoms with Crippen LogP contribution in [0.15, 0.2) is 41.1 Å². The highest BCUT2D eigenvalue weighted by molar-refractivity contribution is 9.10. The molecular weight excluding hydrogens is 545 g/mol. The van der Waals surface area contributed by atoms with Gasteiger partial charge in [-0.15, -0.1) is 0 Å². The van der Waals surface area contributed by atoms with Gasteiger partial charge >= 0.3 is 6.03 Å². The average molecular weight is 569 g/mol. The highest BCUT2D eigenvalue weighted by atomic mass is 79.9. The van der Waals surface area contributed by atoms with Gasteiger partial charge in [0.05, 0.1) is 27.1 Å². The van der Waals surface area contributed by atoms with Gasteiger partial charge in [0.2, 0.25) is 0 Å². The number of pyridine rings is 1. The molecule has 1 aliphatic rings. The van der Waals surface area contributed by atoms with E-state index in [-0.39, 0.29) is 6.03 Å². The molecule has 34 heavy (non-hydrogen) atoms. The van der Waals surface area contributed by atoms with Crippen molar-refractivity contribution >= 4 is 56.5 Å². The maximum absolute atomic E-state index is 13.0. The molecule has 3 heterocycles. The van der Waals surface area contributed by atoms with Crippen LogP contribution in [-0.4, -0.2) is 65.0 Å². The van der Waals surface area contributed by atoms with Gasteiger partial charge in [-0.3, -0.25) is 4.68 Å². The van der Waals surface area contributed by atoms with E-state index in [1.165, 1.54) is 0 Å². The standard InChI is InChI=1S/C22H24BrCl2N7O2/c1-30-19(16(23)13-28-30)15-12-14(2-3-18(15)34-11-5-26)29-22(33)32-9-7-31(8-10-32)20-17(24)4-6-27-21(20)25/h2-4,6,12-13H,5,7-11,26H2,1H3,(H,29,33). The van der Waals surface area contributed by atoms with Crippen LogP contribution < -0.4 is 20.7 Å². The monoisotopic (exact) mass is 567 g/mol. The number of aromatic nitrogens is 3. The van der Waals surface area contributed by atoms with Gasteiger partial charge in [-0.2, -0.15) is 5.10 Å². The lowest BCUT2D eigenvalue weighted by molar-refractivity contribution is 0.208. The molecule has 0 spiro atoms. The van der Waals surface area contributed by atoms with Crippen molar-refractivity contribution in [2.45, 2.75) is 0 Å². The molecule has 0 unspecified atom stereocenters. The molecule has 0 saturated carbocycles. The maximum atomic E-state index is 13.0. The van der Waals surface area contributed by atoms with Crippen LogP contribution in [0.5, 0.6) is 5.75 Å². The van der Waals surface area contributed by atoms with Crippen molar-refractivity contribution in [1.82, 2.24) is 19.7 Å². The second-order valence-electron chi connectivity index (χ2n) is 7.65. The van der Waals surface area contributed by atoms with Gasteiger partial charge < -0.3 is 25.6 Å². The van der Waals surface area contributed by atoms with Crippen molar-refractivity contribution in [1.29, 1.82) is 0 Å². The summed E-state index contributed by atoms with van der Waals surface area (Å²) >= 11 is 16.1. The fraction of sp³-hybridized carbons (Fsp3) is 0.318. The Kier molecular flexibility index (Phi) is 7.82. The average Bonchev–Trinajstić information content (AvgIpc) is 3.16. The summed E-state index contributed by atoms with van der Waals surface area (Å²) in [5.41, 5.74) is 8.59. The second-order valence-corrected chi connectivity index (χ2v) is 9.27. The van der Waals surface area contributed by atoms with Gasteiger partial charge in [0.1, 0.15) is 12.4 Å². The number of benzene rings is 1. The molecule has 0 bridgehead atoms. The van der Waals surface area contributed by atoms with Crippen LogP contribution in [0.4, 0.5) is 16.2 Å². The van der Waals surface area contributed by atoms with E-state index in [2.05, 4.69) is 31.3 Å². The van der Waals surface area contributed by atoms with E-state index in [1.807, 2.05) is 30.1 Å². The SMILES string of the molecule is Cn1ncc(Br)c1-c1cc(NC(=O)N2CCN(c3c(Cl)ccnc3Cl)CC2)ccc1OCCN. The number of hydrogen-bond acceptors (Lipinski definition) is 6. The van der Waals surface area contributed by atoms with Crippen LogP contribution in [0.2, 0.25) is 10.2 Å². The first-order valence-electron chi connectivity index (χ1n) is 10.6. The van der Waals surface area contributed by atoms with Gasteiger partial charge in [0, 0.05) is 57.2 Å². The minimum atomic E-state index is -0.186. The predicted molar refractivity (Wildman–Crippen MR) is 138 cm³/mol. The zero-order valence-electron chi connectivity index (χ0n) is 18.5. The Morgan fingerprint density at radius 1 is 1.24 bits per heavy atom. The first-order chi connectivity index (χ1) is 16.4. The maximum Gasteiger partial charge on any atom is 0.321 e. The zero-order valence-corrected chi connectivity index (χ0v) is 21.6. The Bertz CT molecular complexity index is 1140. The van der Waals surface area contributed by atoms with Crippen LogP contribution in [0.3, 0.4) is 0 Å². The summed E-state index contributed by atoms with van der Waals surface area (Å²) in [6.45, 7) is 3.00. The number of carbonyl (C=O) groups excluding carboxylic acids is 1. The summed E-state index contributed by atoms with van der Waals surface area (Å²) in [7, 11) is 1.85. The molecule has 180 valence electrons. The fourth-order valence-corrected chi connectivity index (χ4v) is 4.98. The van der Waals surface area contributed by atoms with E-state index >= 15 is 0 Å². The second kappa shape index (κ2) is 10.8. The summed E-state index contributed by atoms with van der Waals surface area (Å²) in [5.74, 6) is 0.659. The number of carbonyl (C=O) groups is 1. The third-order valence-corrected chi connectivity index (χ3v) is 6.63. The van der Waals surface area contributed by atoms with Crippen molar-refractivity contribution < 1.29 is 9.53 Å². The number of urea groups is 1. The van der Waals surface area contributed by atoms with E-state index in [0.29, 0.717) is 66.6 Å². The molecule has 1 aliphatic heterocycles. The normalized spacial score (nSPS) is 13.8. The quantitative estimate of drug-likeness (QED) is 0.431. The number of nitrogens with two attached hydrogens (primary N) is 1. The minimum absolute atomic E-state index is 0.186. The van der Waals surface area contributed by atoms with E-state index in [0.717, 1.165) is 15.7 Å². The summed E-state index contributed by atoms with van der Waals surface area (Å²) in [6, 6.07) is 7.03. The highest BCUT2D eigenvalue weighted by Crippen LogP contribution is 2.37. The van der Waals surface area contributed by atoms with Crippen LogP contribution in [0, 0.1) is 0 Å². The smallest absolute Gasteiger partial charge is 0.321 e. The number of anilines is 2. The Labute approximate surface area is 215 Å². The van der Waals surface area contributed by atoms with Crippen molar-refractivity contribution in [2.75, 3.05) is 49.5 Å². The number of nitrogens with one attached hydrogen (secondary N) is 1. The molecule has 0 radical (unpaired) electrons. The summed E-state index contributed by atoms with van der Waals surface area (Å²) in [5, 5.41) is 8.18. The molecule has 3 aromatic rings. The number of ether oxygens (including phenoxy) is 1. The topological polar surface area (TPSA) is 102 Å². The number of aryl methyl sites for hydroxylation is 1. The number of amides is 2. The van der Waals surface area contributed by atoms with Crippen LogP contribution in [-0.2, 0) is 7.05 Å². The summed E-state index contributed by atoms with van der Waals surface area (Å²) < 4.78 is 8.39. The van der Waals surface area contributed by atoms with E-state index in [9.17, 15) is 4.79 Å². The Balaban J connectivity index is 1.48. The number of nitrogens with zero attached hydrogens (tertiary/aromatic N) is 5. The Morgan fingerprint density at radius 2 is 2.00 bits per heavy atom. The fourth-order valence-electron chi connectivity index (χ4n) is 3.83. The van der Waals surface area contributed by atoms with Gasteiger partial charge in [-0.05, 0) is 40.2 Å². The lowest BCUT2D eigenvalue weighted by Gasteiger charge is -2.36. The van der Waals surface area contributed by atoms with Crippen LogP contribution in [0.1, 0.15) is 0 Å². The first kappa shape index (κ1) is 24.6. The Hall–Kier alpha value is -2.53. The molecule has 2 amide bonds. The predicted octanol–water partition coefficient (Wildman–Crippen LogP) is 4.24. The van der Waals surface area contributed by atoms with E-state index < -0.39 is 0 Å². The number of hydrogen-bond donors (Lipinski definition) is 2. The first-order valence-corrected chi connectivity index (χ1v) is 12.2. The molecule has 0 atom stereocenters. The molecule has 1 saturated heterocycles. The molecule has 1 fully saturated rings. The van der Waals surface area contributed by atoms with Crippen LogP contribution >= 0.6 is 39.1 Å². The van der Waals surface area contributed by atoms with Crippen LogP contribution in [0.25, 0.3) is 11.3 Å². The number of halogens is 3. The van der Waals surface area contributed by atoms with Crippen molar-refractivity contribution in [3.8, 4) is 17.0 Å². The molecule has 9 nitrogen and oxygen atoms in total. The summed E-state index contributed by atoms with van der Waals surface area (Å²) in [4.78, 5) is 20.9. The number of rotatable bonds is 6. The molecule has 2 aromatic heterocycles.